The summed E-state index contributed by atoms with van der Waals surface area (Å²) in [6, 6.07) is 14.0. The highest BCUT2D eigenvalue weighted by Gasteiger charge is 2.18. The number of hydrogen-bond donors (Lipinski definition) is 1. The Bertz CT molecular complexity index is 723. The van der Waals surface area contributed by atoms with Crippen LogP contribution in [0, 0.1) is 0 Å². The lowest BCUT2D eigenvalue weighted by molar-refractivity contribution is -0.128. The van der Waals surface area contributed by atoms with E-state index in [0.29, 0.717) is 23.7 Å². The van der Waals surface area contributed by atoms with Crippen LogP contribution in [0.15, 0.2) is 48.5 Å². The van der Waals surface area contributed by atoms with Crippen LogP contribution < -0.4 is 19.5 Å². The third-order valence-electron chi connectivity index (χ3n) is 3.80. The Morgan fingerprint density at radius 2 is 1.54 bits per heavy atom. The average molecular weight is 357 g/mol. The number of rotatable bonds is 9. The minimum absolute atomic E-state index is 0.106. The predicted molar refractivity (Wildman–Crippen MR) is 97.8 cm³/mol. The summed E-state index contributed by atoms with van der Waals surface area (Å²) in [6.07, 6.45) is 0.439. The highest BCUT2D eigenvalue weighted by molar-refractivity contribution is 5.88. The Balaban J connectivity index is 1.95. The number of benzene rings is 2. The largest absolute Gasteiger partial charge is 0.496 e. The summed E-state index contributed by atoms with van der Waals surface area (Å²) in [6.45, 7) is 1.25. The van der Waals surface area contributed by atoms with Gasteiger partial charge >= 0.3 is 0 Å². The van der Waals surface area contributed by atoms with Crippen molar-refractivity contribution in [1.29, 1.82) is 0 Å². The van der Waals surface area contributed by atoms with Gasteiger partial charge in [-0.25, -0.2) is 0 Å². The summed E-state index contributed by atoms with van der Waals surface area (Å²) < 4.78 is 15.8. The lowest BCUT2D eigenvalue weighted by atomic mass is 10.0. The standard InChI is InChI=1S/C20H23NO5/c1-14(22)19(9-15-7-5-4-6-8-15)21-20(23)13-26-18-11-16(24-2)10-17(12-18)25-3/h4-8,10-12,19H,9,13H2,1-3H3,(H,21,23)/t19-/m1/s1. The van der Waals surface area contributed by atoms with Crippen molar-refractivity contribution < 1.29 is 23.8 Å². The van der Waals surface area contributed by atoms with Crippen LogP contribution in [0.5, 0.6) is 17.2 Å². The van der Waals surface area contributed by atoms with E-state index in [2.05, 4.69) is 5.32 Å². The van der Waals surface area contributed by atoms with E-state index in [1.807, 2.05) is 30.3 Å². The number of ether oxygens (including phenoxy) is 3. The summed E-state index contributed by atoms with van der Waals surface area (Å²) in [5.74, 6) is 1.09. The van der Waals surface area contributed by atoms with Crippen molar-refractivity contribution in [1.82, 2.24) is 5.32 Å². The number of carbonyl (C=O) groups is 2. The molecule has 0 aromatic heterocycles. The minimum Gasteiger partial charge on any atom is -0.496 e. The van der Waals surface area contributed by atoms with Gasteiger partial charge in [-0.15, -0.1) is 0 Å². The van der Waals surface area contributed by atoms with Gasteiger partial charge in [0.2, 0.25) is 0 Å². The van der Waals surface area contributed by atoms with Gasteiger partial charge < -0.3 is 19.5 Å². The van der Waals surface area contributed by atoms with Gasteiger partial charge in [0.1, 0.15) is 17.2 Å². The fraction of sp³-hybridized carbons (Fsp3) is 0.300. The quantitative estimate of drug-likeness (QED) is 0.746. The molecule has 1 N–H and O–H groups in total. The molecule has 2 aromatic rings. The monoisotopic (exact) mass is 357 g/mol. The van der Waals surface area contributed by atoms with Crippen LogP contribution in [0.2, 0.25) is 0 Å². The molecule has 0 aliphatic carbocycles. The summed E-state index contributed by atoms with van der Waals surface area (Å²) in [5, 5.41) is 2.72. The molecular weight excluding hydrogens is 334 g/mol. The third-order valence-corrected chi connectivity index (χ3v) is 3.80. The van der Waals surface area contributed by atoms with Crippen molar-refractivity contribution in [3.63, 3.8) is 0 Å². The Morgan fingerprint density at radius 1 is 0.962 bits per heavy atom. The second kappa shape index (κ2) is 9.46. The number of nitrogens with one attached hydrogen (secondary N) is 1. The Morgan fingerprint density at radius 3 is 2.08 bits per heavy atom. The molecule has 0 saturated heterocycles. The summed E-state index contributed by atoms with van der Waals surface area (Å²) in [7, 11) is 3.07. The molecule has 2 rings (SSSR count). The van der Waals surface area contributed by atoms with E-state index < -0.39 is 6.04 Å². The van der Waals surface area contributed by atoms with Crippen LogP contribution in [0.4, 0.5) is 0 Å². The molecule has 6 heteroatoms. The molecule has 0 fully saturated rings. The molecule has 0 heterocycles. The molecule has 0 spiro atoms. The van der Waals surface area contributed by atoms with E-state index in [-0.39, 0.29) is 18.3 Å². The normalized spacial score (nSPS) is 11.3. The van der Waals surface area contributed by atoms with Crippen LogP contribution in [0.1, 0.15) is 12.5 Å². The van der Waals surface area contributed by atoms with Crippen molar-refractivity contribution in [2.75, 3.05) is 20.8 Å². The van der Waals surface area contributed by atoms with Crippen LogP contribution in [-0.4, -0.2) is 38.6 Å². The van der Waals surface area contributed by atoms with Gasteiger partial charge in [0.05, 0.1) is 20.3 Å². The Hall–Kier alpha value is -3.02. The van der Waals surface area contributed by atoms with Crippen LogP contribution in [-0.2, 0) is 16.0 Å². The van der Waals surface area contributed by atoms with Gasteiger partial charge in [0, 0.05) is 18.2 Å². The number of Topliss-reactive ketones (excluding diaryl/α,β-unsaturated/α-hetero) is 1. The first-order chi connectivity index (χ1) is 12.5. The topological polar surface area (TPSA) is 73.9 Å². The van der Waals surface area contributed by atoms with Crippen molar-refractivity contribution in [3.05, 3.63) is 54.1 Å². The lowest BCUT2D eigenvalue weighted by Gasteiger charge is -2.16. The molecule has 2 aromatic carbocycles. The van der Waals surface area contributed by atoms with E-state index in [1.165, 1.54) is 21.1 Å². The molecular formula is C20H23NO5. The number of hydrogen-bond acceptors (Lipinski definition) is 5. The maximum Gasteiger partial charge on any atom is 0.258 e. The molecule has 138 valence electrons. The number of carbonyl (C=O) groups excluding carboxylic acids is 2. The highest BCUT2D eigenvalue weighted by atomic mass is 16.5. The van der Waals surface area contributed by atoms with Crippen LogP contribution >= 0.6 is 0 Å². The maximum atomic E-state index is 12.2. The highest BCUT2D eigenvalue weighted by Crippen LogP contribution is 2.27. The average Bonchev–Trinajstić information content (AvgIpc) is 2.66. The first kappa shape index (κ1) is 19.3. The van der Waals surface area contributed by atoms with Crippen molar-refractivity contribution in [2.45, 2.75) is 19.4 Å². The van der Waals surface area contributed by atoms with Gasteiger partial charge in [0.25, 0.3) is 5.91 Å². The maximum absolute atomic E-state index is 12.2. The number of methoxy groups -OCH3 is 2. The van der Waals surface area contributed by atoms with Gasteiger partial charge in [-0.05, 0) is 18.9 Å². The van der Waals surface area contributed by atoms with E-state index in [9.17, 15) is 9.59 Å². The number of amides is 1. The minimum atomic E-state index is -0.589. The zero-order chi connectivity index (χ0) is 18.9. The van der Waals surface area contributed by atoms with Crippen molar-refractivity contribution in [2.24, 2.45) is 0 Å². The van der Waals surface area contributed by atoms with E-state index in [4.69, 9.17) is 14.2 Å². The lowest BCUT2D eigenvalue weighted by Crippen LogP contribution is -2.43. The third kappa shape index (κ3) is 5.81. The van der Waals surface area contributed by atoms with Crippen LogP contribution in [0.25, 0.3) is 0 Å². The molecule has 0 bridgehead atoms. The van der Waals surface area contributed by atoms with Gasteiger partial charge in [-0.3, -0.25) is 9.59 Å². The SMILES string of the molecule is COc1cc(OC)cc(OCC(=O)N[C@H](Cc2ccccc2)C(C)=O)c1. The molecule has 1 atom stereocenters. The summed E-state index contributed by atoms with van der Waals surface area (Å²) in [4.78, 5) is 24.0. The number of ketones is 1. The molecule has 0 radical (unpaired) electrons. The molecule has 0 unspecified atom stereocenters. The molecule has 1 amide bonds. The fourth-order valence-electron chi connectivity index (χ4n) is 2.40. The molecule has 0 aliphatic rings. The van der Waals surface area contributed by atoms with Crippen molar-refractivity contribution in [3.8, 4) is 17.2 Å². The summed E-state index contributed by atoms with van der Waals surface area (Å²) >= 11 is 0. The Kier molecular flexibility index (Phi) is 7.02. The second-order valence-corrected chi connectivity index (χ2v) is 5.76. The smallest absolute Gasteiger partial charge is 0.258 e. The van der Waals surface area contributed by atoms with Gasteiger partial charge in [0.15, 0.2) is 12.4 Å². The van der Waals surface area contributed by atoms with Crippen LogP contribution in [0.3, 0.4) is 0 Å². The Labute approximate surface area is 153 Å². The van der Waals surface area contributed by atoms with E-state index >= 15 is 0 Å². The molecule has 0 aliphatic heterocycles. The first-order valence-corrected chi connectivity index (χ1v) is 8.21. The summed E-state index contributed by atoms with van der Waals surface area (Å²) in [5.41, 5.74) is 0.978. The molecule has 6 nitrogen and oxygen atoms in total. The van der Waals surface area contributed by atoms with Gasteiger partial charge in [-0.2, -0.15) is 0 Å². The van der Waals surface area contributed by atoms with Crippen molar-refractivity contribution >= 4 is 11.7 Å². The predicted octanol–water partition coefficient (Wildman–Crippen LogP) is 2.40. The van der Waals surface area contributed by atoms with E-state index in [0.717, 1.165) is 5.56 Å². The van der Waals surface area contributed by atoms with E-state index in [1.54, 1.807) is 18.2 Å². The zero-order valence-electron chi connectivity index (χ0n) is 15.2. The molecule has 26 heavy (non-hydrogen) atoms. The zero-order valence-corrected chi connectivity index (χ0v) is 15.2. The first-order valence-electron chi connectivity index (χ1n) is 8.21. The van der Waals surface area contributed by atoms with Gasteiger partial charge in [-0.1, -0.05) is 30.3 Å². The fourth-order valence-corrected chi connectivity index (χ4v) is 2.40. The second-order valence-electron chi connectivity index (χ2n) is 5.76. The molecule has 0 saturated carbocycles.